The Bertz CT molecular complexity index is 1070. The number of nitrogens with two attached hydrogens (primary N) is 1. The predicted molar refractivity (Wildman–Crippen MR) is 118 cm³/mol. The van der Waals surface area contributed by atoms with Crippen LogP contribution in [0.5, 0.6) is 5.75 Å². The Hall–Kier alpha value is -2.20. The fourth-order valence-electron chi connectivity index (χ4n) is 4.58. The molecule has 1 aromatic carbocycles. The van der Waals surface area contributed by atoms with E-state index in [0.29, 0.717) is 24.5 Å². The van der Waals surface area contributed by atoms with Crippen LogP contribution in [0, 0.1) is 17.7 Å². The van der Waals surface area contributed by atoms with E-state index in [1.54, 1.807) is 0 Å². The Balaban J connectivity index is 1.24. The average Bonchev–Trinajstić information content (AvgIpc) is 3.17. The molecule has 1 aliphatic heterocycles. The summed E-state index contributed by atoms with van der Waals surface area (Å²) in [6, 6.07) is 4.31. The highest BCUT2D eigenvalue weighted by molar-refractivity contribution is 7.90. The fourth-order valence-corrected chi connectivity index (χ4v) is 5.21. The maximum atomic E-state index is 14.1. The van der Waals surface area contributed by atoms with Crippen LogP contribution in [0.25, 0.3) is 0 Å². The van der Waals surface area contributed by atoms with Gasteiger partial charge in [0.1, 0.15) is 0 Å². The van der Waals surface area contributed by atoms with Crippen molar-refractivity contribution in [2.45, 2.75) is 55.9 Å². The first-order valence-corrected chi connectivity index (χ1v) is 13.0. The first-order chi connectivity index (χ1) is 15.1. The molecule has 2 N–H and O–H groups in total. The molecule has 2 aromatic rings. The molecule has 10 heteroatoms. The number of nitrogens with zero attached hydrogens (tertiary/aromatic N) is 3. The number of ether oxygens (including phenoxy) is 1. The summed E-state index contributed by atoms with van der Waals surface area (Å²) in [7, 11) is -3.45. The minimum absolute atomic E-state index is 0.0576. The zero-order chi connectivity index (χ0) is 23.1. The van der Waals surface area contributed by atoms with E-state index in [1.165, 1.54) is 12.1 Å². The zero-order valence-corrected chi connectivity index (χ0v) is 19.6. The monoisotopic (exact) mass is 466 g/mol. The largest absolute Gasteiger partial charge is 0.491 e. The van der Waals surface area contributed by atoms with Gasteiger partial charge in [-0.25, -0.2) is 12.8 Å². The van der Waals surface area contributed by atoms with Gasteiger partial charge in [-0.3, -0.25) is 0 Å². The van der Waals surface area contributed by atoms with E-state index in [1.807, 2.05) is 13.8 Å². The molecule has 1 saturated heterocycles. The minimum atomic E-state index is -3.45. The number of anilines is 1. The van der Waals surface area contributed by atoms with Crippen molar-refractivity contribution in [2.75, 3.05) is 30.9 Å². The van der Waals surface area contributed by atoms with Crippen molar-refractivity contribution in [3.63, 3.8) is 0 Å². The van der Waals surface area contributed by atoms with E-state index in [9.17, 15) is 12.8 Å². The molecule has 0 amide bonds. The lowest BCUT2D eigenvalue weighted by atomic mass is 9.86. The van der Waals surface area contributed by atoms with Crippen molar-refractivity contribution in [1.82, 2.24) is 10.1 Å². The molecule has 2 heterocycles. The summed E-state index contributed by atoms with van der Waals surface area (Å²) in [5.41, 5.74) is 6.50. The SMILES string of the molecule is CC(C)c1noc(N2CCC([C@@]3(N)C[C@H]3CCOc3ccc(S(C)(=O)=O)cc3F)CC2)n1. The molecule has 2 aliphatic rings. The van der Waals surface area contributed by atoms with Gasteiger partial charge in [-0.05, 0) is 55.7 Å². The Labute approximate surface area is 188 Å². The third-order valence-electron chi connectivity index (χ3n) is 6.73. The third-order valence-corrected chi connectivity index (χ3v) is 7.84. The number of hydrogen-bond donors (Lipinski definition) is 1. The van der Waals surface area contributed by atoms with E-state index < -0.39 is 15.7 Å². The molecule has 0 unspecified atom stereocenters. The number of piperidine rings is 1. The van der Waals surface area contributed by atoms with Gasteiger partial charge in [0.25, 0.3) is 0 Å². The van der Waals surface area contributed by atoms with E-state index in [4.69, 9.17) is 15.0 Å². The summed E-state index contributed by atoms with van der Waals surface area (Å²) in [5, 5.41) is 4.04. The Morgan fingerprint density at radius 1 is 1.34 bits per heavy atom. The molecule has 0 radical (unpaired) electrons. The number of aromatic nitrogens is 2. The molecule has 2 atom stereocenters. The topological polar surface area (TPSA) is 112 Å². The maximum Gasteiger partial charge on any atom is 0.324 e. The minimum Gasteiger partial charge on any atom is -0.491 e. The molecule has 1 saturated carbocycles. The molecular weight excluding hydrogens is 435 g/mol. The van der Waals surface area contributed by atoms with Crippen molar-refractivity contribution in [1.29, 1.82) is 0 Å². The summed E-state index contributed by atoms with van der Waals surface area (Å²) in [6.07, 6.45) is 4.66. The lowest BCUT2D eigenvalue weighted by Crippen LogP contribution is -2.44. The molecule has 176 valence electrons. The van der Waals surface area contributed by atoms with Gasteiger partial charge >= 0.3 is 6.01 Å². The van der Waals surface area contributed by atoms with Gasteiger partial charge in [-0.1, -0.05) is 19.0 Å². The molecule has 0 spiro atoms. The standard InChI is InChI=1S/C22H31FN4O4S/c1-14(2)20-25-21(31-26-20)27-9-6-15(7-10-27)22(24)13-16(22)8-11-30-19-5-4-17(12-18(19)23)32(3,28)29/h4-5,12,14-16H,6-11,13,24H2,1-3H3/t16-,22+/m1/s1. The summed E-state index contributed by atoms with van der Waals surface area (Å²) >= 11 is 0. The maximum absolute atomic E-state index is 14.1. The number of rotatable bonds is 8. The summed E-state index contributed by atoms with van der Waals surface area (Å²) in [5.74, 6) is 1.11. The Morgan fingerprint density at radius 2 is 2.06 bits per heavy atom. The van der Waals surface area contributed by atoms with Crippen LogP contribution in [0.3, 0.4) is 0 Å². The smallest absolute Gasteiger partial charge is 0.324 e. The Morgan fingerprint density at radius 3 is 2.66 bits per heavy atom. The van der Waals surface area contributed by atoms with Crippen molar-refractivity contribution in [2.24, 2.45) is 17.6 Å². The van der Waals surface area contributed by atoms with Gasteiger partial charge < -0.3 is 19.9 Å². The molecule has 1 aliphatic carbocycles. The number of benzene rings is 1. The van der Waals surface area contributed by atoms with Gasteiger partial charge in [0.05, 0.1) is 11.5 Å². The summed E-state index contributed by atoms with van der Waals surface area (Å²) in [4.78, 5) is 6.55. The highest BCUT2D eigenvalue weighted by atomic mass is 32.2. The van der Waals surface area contributed by atoms with E-state index in [2.05, 4.69) is 15.0 Å². The highest BCUT2D eigenvalue weighted by Gasteiger charge is 2.55. The lowest BCUT2D eigenvalue weighted by molar-refractivity contribution is 0.258. The van der Waals surface area contributed by atoms with Gasteiger partial charge in [0.15, 0.2) is 27.2 Å². The van der Waals surface area contributed by atoms with Crippen LogP contribution < -0.4 is 15.4 Å². The summed E-state index contributed by atoms with van der Waals surface area (Å²) in [6.45, 7) is 6.09. The van der Waals surface area contributed by atoms with Gasteiger partial charge in [-0.15, -0.1) is 0 Å². The number of sulfone groups is 1. The normalized spacial score (nSPS) is 24.2. The molecular formula is C22H31FN4O4S. The van der Waals surface area contributed by atoms with Crippen LogP contribution in [0.4, 0.5) is 10.4 Å². The first-order valence-electron chi connectivity index (χ1n) is 11.1. The molecule has 0 bridgehead atoms. The van der Waals surface area contributed by atoms with Crippen molar-refractivity contribution >= 4 is 15.9 Å². The van der Waals surface area contributed by atoms with Crippen LogP contribution >= 0.6 is 0 Å². The van der Waals surface area contributed by atoms with Crippen molar-refractivity contribution < 1.29 is 22.1 Å². The van der Waals surface area contributed by atoms with Crippen LogP contribution in [0.2, 0.25) is 0 Å². The Kier molecular flexibility index (Phi) is 6.19. The quantitative estimate of drug-likeness (QED) is 0.632. The third kappa shape index (κ3) is 4.76. The molecule has 32 heavy (non-hydrogen) atoms. The van der Waals surface area contributed by atoms with Crippen molar-refractivity contribution in [3.05, 3.63) is 29.8 Å². The number of halogens is 1. The molecule has 1 aromatic heterocycles. The summed E-state index contributed by atoms with van der Waals surface area (Å²) < 4.78 is 48.2. The lowest BCUT2D eigenvalue weighted by Gasteiger charge is -2.34. The van der Waals surface area contributed by atoms with E-state index in [0.717, 1.165) is 56.9 Å². The van der Waals surface area contributed by atoms with Crippen LogP contribution in [-0.4, -0.2) is 50.0 Å². The molecule has 2 fully saturated rings. The van der Waals surface area contributed by atoms with Crippen LogP contribution in [0.15, 0.2) is 27.6 Å². The van der Waals surface area contributed by atoms with Crippen molar-refractivity contribution in [3.8, 4) is 5.75 Å². The second-order valence-corrected chi connectivity index (χ2v) is 11.4. The van der Waals surface area contributed by atoms with Crippen LogP contribution in [0.1, 0.15) is 51.3 Å². The van der Waals surface area contributed by atoms with Crippen LogP contribution in [-0.2, 0) is 9.84 Å². The van der Waals surface area contributed by atoms with E-state index >= 15 is 0 Å². The molecule has 8 nitrogen and oxygen atoms in total. The first kappa shape index (κ1) is 23.0. The fraction of sp³-hybridized carbons (Fsp3) is 0.636. The zero-order valence-electron chi connectivity index (χ0n) is 18.8. The number of hydrogen-bond acceptors (Lipinski definition) is 8. The second kappa shape index (κ2) is 8.62. The highest BCUT2D eigenvalue weighted by Crippen LogP contribution is 2.52. The predicted octanol–water partition coefficient (Wildman–Crippen LogP) is 3.14. The van der Waals surface area contributed by atoms with E-state index in [-0.39, 0.29) is 22.1 Å². The molecule has 4 rings (SSSR count). The second-order valence-electron chi connectivity index (χ2n) is 9.37. The average molecular weight is 467 g/mol. The van der Waals surface area contributed by atoms with Gasteiger partial charge in [0.2, 0.25) is 0 Å². The van der Waals surface area contributed by atoms with Gasteiger partial charge in [0, 0.05) is 30.8 Å². The van der Waals surface area contributed by atoms with Gasteiger partial charge in [-0.2, -0.15) is 4.98 Å².